The molecule has 2 aromatic rings. The predicted octanol–water partition coefficient (Wildman–Crippen LogP) is 4.13. The van der Waals surface area contributed by atoms with E-state index < -0.39 is 5.82 Å². The molecule has 0 heterocycles. The zero-order chi connectivity index (χ0) is 14.7. The Labute approximate surface area is 129 Å². The van der Waals surface area contributed by atoms with Crippen LogP contribution in [-0.4, -0.2) is 0 Å². The normalized spacial score (nSPS) is 12.4. The molecule has 0 aliphatic carbocycles. The molecule has 1 unspecified atom stereocenters. The Morgan fingerprint density at radius 2 is 1.80 bits per heavy atom. The van der Waals surface area contributed by atoms with E-state index in [1.807, 2.05) is 0 Å². The summed E-state index contributed by atoms with van der Waals surface area (Å²) >= 11 is 9.35. The van der Waals surface area contributed by atoms with Crippen molar-refractivity contribution in [3.8, 4) is 0 Å². The van der Waals surface area contributed by atoms with E-state index in [1.165, 1.54) is 24.3 Å². The molecule has 2 rings (SSSR count). The SMILES string of the molecule is NNC(Cc1ccc(F)cc1Cl)c1cc(F)ccc1Br. The maximum absolute atomic E-state index is 13.3. The molecule has 0 bridgehead atoms. The summed E-state index contributed by atoms with van der Waals surface area (Å²) < 4.78 is 27.1. The molecule has 2 aromatic carbocycles. The zero-order valence-corrected chi connectivity index (χ0v) is 12.7. The van der Waals surface area contributed by atoms with Crippen LogP contribution in [0.4, 0.5) is 8.78 Å². The quantitative estimate of drug-likeness (QED) is 0.635. The van der Waals surface area contributed by atoms with Gasteiger partial charge >= 0.3 is 0 Å². The fourth-order valence-electron chi connectivity index (χ4n) is 1.95. The van der Waals surface area contributed by atoms with Crippen molar-refractivity contribution in [1.29, 1.82) is 0 Å². The highest BCUT2D eigenvalue weighted by molar-refractivity contribution is 9.10. The standard InChI is InChI=1S/C14H12BrClF2N2/c15-12-4-3-9(17)6-11(12)14(20-19)5-8-1-2-10(18)7-13(8)16/h1-4,6-7,14,20H,5,19H2. The Morgan fingerprint density at radius 1 is 1.15 bits per heavy atom. The number of halogens is 4. The maximum atomic E-state index is 13.3. The molecular formula is C14H12BrClF2N2. The van der Waals surface area contributed by atoms with E-state index in [9.17, 15) is 8.78 Å². The minimum atomic E-state index is -0.400. The van der Waals surface area contributed by atoms with E-state index in [1.54, 1.807) is 12.1 Å². The lowest BCUT2D eigenvalue weighted by atomic mass is 9.99. The highest BCUT2D eigenvalue weighted by atomic mass is 79.9. The van der Waals surface area contributed by atoms with Gasteiger partial charge in [0.15, 0.2) is 0 Å². The molecule has 20 heavy (non-hydrogen) atoms. The Kier molecular flexibility index (Phi) is 5.10. The fraction of sp³-hybridized carbons (Fsp3) is 0.143. The fourth-order valence-corrected chi connectivity index (χ4v) is 2.71. The van der Waals surface area contributed by atoms with Crippen molar-refractivity contribution in [2.24, 2.45) is 5.84 Å². The Morgan fingerprint density at radius 3 is 2.45 bits per heavy atom. The summed E-state index contributed by atoms with van der Waals surface area (Å²) in [6.07, 6.45) is 0.414. The average molecular weight is 362 g/mol. The predicted molar refractivity (Wildman–Crippen MR) is 79.3 cm³/mol. The molecule has 0 fully saturated rings. The molecule has 106 valence electrons. The van der Waals surface area contributed by atoms with E-state index in [-0.39, 0.29) is 11.9 Å². The summed E-state index contributed by atoms with van der Waals surface area (Å²) in [7, 11) is 0. The second kappa shape index (κ2) is 6.63. The Balaban J connectivity index is 2.31. The van der Waals surface area contributed by atoms with Gasteiger partial charge in [-0.1, -0.05) is 33.6 Å². The third-order valence-electron chi connectivity index (χ3n) is 2.97. The summed E-state index contributed by atoms with van der Waals surface area (Å²) in [5, 5.41) is 0.317. The van der Waals surface area contributed by atoms with E-state index >= 15 is 0 Å². The van der Waals surface area contributed by atoms with Gasteiger partial charge in [0.1, 0.15) is 11.6 Å². The molecule has 6 heteroatoms. The van der Waals surface area contributed by atoms with Crippen LogP contribution >= 0.6 is 27.5 Å². The number of nitrogens with one attached hydrogen (secondary N) is 1. The van der Waals surface area contributed by atoms with Crippen LogP contribution in [0.2, 0.25) is 5.02 Å². The number of hydrogen-bond acceptors (Lipinski definition) is 2. The molecule has 0 radical (unpaired) electrons. The first-order chi connectivity index (χ1) is 9.51. The van der Waals surface area contributed by atoms with Crippen LogP contribution in [0.3, 0.4) is 0 Å². The van der Waals surface area contributed by atoms with Crippen molar-refractivity contribution in [3.63, 3.8) is 0 Å². The van der Waals surface area contributed by atoms with Gasteiger partial charge in [-0.15, -0.1) is 0 Å². The first-order valence-electron chi connectivity index (χ1n) is 5.86. The molecule has 0 aliphatic heterocycles. The van der Waals surface area contributed by atoms with Crippen LogP contribution in [0.5, 0.6) is 0 Å². The summed E-state index contributed by atoms with van der Waals surface area (Å²) in [5.74, 6) is 4.79. The maximum Gasteiger partial charge on any atom is 0.124 e. The van der Waals surface area contributed by atoms with Crippen molar-refractivity contribution in [1.82, 2.24) is 5.43 Å². The van der Waals surface area contributed by atoms with Gasteiger partial charge < -0.3 is 0 Å². The van der Waals surface area contributed by atoms with Gasteiger partial charge in [-0.3, -0.25) is 11.3 Å². The molecule has 0 aliphatic rings. The molecule has 1 atom stereocenters. The van der Waals surface area contributed by atoms with Gasteiger partial charge in [0, 0.05) is 9.50 Å². The van der Waals surface area contributed by atoms with Gasteiger partial charge in [0.2, 0.25) is 0 Å². The van der Waals surface area contributed by atoms with E-state index in [0.29, 0.717) is 17.0 Å². The highest BCUT2D eigenvalue weighted by Gasteiger charge is 2.16. The minimum absolute atomic E-state index is 0.317. The van der Waals surface area contributed by atoms with Crippen LogP contribution in [0, 0.1) is 11.6 Å². The van der Waals surface area contributed by atoms with Gasteiger partial charge in [-0.25, -0.2) is 8.78 Å². The van der Waals surface area contributed by atoms with Gasteiger partial charge in [0.05, 0.1) is 6.04 Å². The van der Waals surface area contributed by atoms with Crippen molar-refractivity contribution in [2.45, 2.75) is 12.5 Å². The summed E-state index contributed by atoms with van der Waals surface area (Å²) in [6.45, 7) is 0. The largest absolute Gasteiger partial charge is 0.271 e. The number of benzene rings is 2. The molecule has 0 aromatic heterocycles. The van der Waals surface area contributed by atoms with E-state index in [4.69, 9.17) is 17.4 Å². The molecule has 0 saturated carbocycles. The first kappa shape index (κ1) is 15.4. The number of hydrazine groups is 1. The molecule has 0 amide bonds. The first-order valence-corrected chi connectivity index (χ1v) is 7.03. The number of nitrogens with two attached hydrogens (primary N) is 1. The lowest BCUT2D eigenvalue weighted by molar-refractivity contribution is 0.541. The van der Waals surface area contributed by atoms with Crippen molar-refractivity contribution in [2.75, 3.05) is 0 Å². The van der Waals surface area contributed by atoms with Crippen LogP contribution in [0.25, 0.3) is 0 Å². The summed E-state index contributed by atoms with van der Waals surface area (Å²) in [6, 6.07) is 8.18. The highest BCUT2D eigenvalue weighted by Crippen LogP contribution is 2.29. The van der Waals surface area contributed by atoms with Crippen LogP contribution in [-0.2, 0) is 6.42 Å². The van der Waals surface area contributed by atoms with Gasteiger partial charge in [-0.05, 0) is 47.9 Å². The van der Waals surface area contributed by atoms with Crippen LogP contribution in [0.15, 0.2) is 40.9 Å². The van der Waals surface area contributed by atoms with E-state index in [2.05, 4.69) is 21.4 Å². The Bertz CT molecular complexity index is 622. The minimum Gasteiger partial charge on any atom is -0.271 e. The smallest absolute Gasteiger partial charge is 0.124 e. The topological polar surface area (TPSA) is 38.0 Å². The monoisotopic (exact) mass is 360 g/mol. The Hall–Kier alpha value is -1.01. The number of hydrogen-bond donors (Lipinski definition) is 2. The lowest BCUT2D eigenvalue weighted by Crippen LogP contribution is -2.30. The molecule has 0 spiro atoms. The summed E-state index contributed by atoms with van der Waals surface area (Å²) in [4.78, 5) is 0. The lowest BCUT2D eigenvalue weighted by Gasteiger charge is -2.18. The van der Waals surface area contributed by atoms with Crippen molar-refractivity contribution in [3.05, 3.63) is 68.7 Å². The number of rotatable bonds is 4. The third-order valence-corrected chi connectivity index (χ3v) is 4.05. The second-order valence-electron chi connectivity index (χ2n) is 4.32. The van der Waals surface area contributed by atoms with Crippen LogP contribution in [0.1, 0.15) is 17.2 Å². The van der Waals surface area contributed by atoms with Crippen LogP contribution < -0.4 is 11.3 Å². The average Bonchev–Trinajstić information content (AvgIpc) is 2.41. The summed E-state index contributed by atoms with van der Waals surface area (Å²) in [5.41, 5.74) is 4.03. The van der Waals surface area contributed by atoms with Crippen molar-refractivity contribution < 1.29 is 8.78 Å². The zero-order valence-electron chi connectivity index (χ0n) is 10.3. The van der Waals surface area contributed by atoms with Crippen molar-refractivity contribution >= 4 is 27.5 Å². The molecule has 3 N–H and O–H groups in total. The third kappa shape index (κ3) is 3.55. The molecule has 2 nitrogen and oxygen atoms in total. The molecular weight excluding hydrogens is 350 g/mol. The second-order valence-corrected chi connectivity index (χ2v) is 5.59. The molecule has 0 saturated heterocycles. The van der Waals surface area contributed by atoms with Gasteiger partial charge in [0.25, 0.3) is 0 Å². The van der Waals surface area contributed by atoms with Gasteiger partial charge in [-0.2, -0.15) is 0 Å². The van der Waals surface area contributed by atoms with E-state index in [0.717, 1.165) is 10.0 Å².